The van der Waals surface area contributed by atoms with Gasteiger partial charge >= 0.3 is 0 Å². The van der Waals surface area contributed by atoms with Crippen LogP contribution < -0.4 is 16.6 Å². The van der Waals surface area contributed by atoms with Gasteiger partial charge in [-0.25, -0.2) is 10.8 Å². The molecule has 0 amide bonds. The summed E-state index contributed by atoms with van der Waals surface area (Å²) in [5, 5.41) is 4.90. The Hall–Kier alpha value is -1.41. The van der Waals surface area contributed by atoms with E-state index in [1.165, 1.54) is 0 Å². The molecule has 1 aromatic carbocycles. The molecule has 0 saturated heterocycles. The van der Waals surface area contributed by atoms with E-state index in [1.807, 2.05) is 31.2 Å². The molecule has 8 heteroatoms. The predicted molar refractivity (Wildman–Crippen MR) is 92.4 cm³/mol. The predicted octanol–water partition coefficient (Wildman–Crippen LogP) is 4.44. The zero-order valence-electron chi connectivity index (χ0n) is 10.9. The van der Waals surface area contributed by atoms with Crippen LogP contribution in [0, 0.1) is 6.92 Å². The van der Waals surface area contributed by atoms with Crippen molar-refractivity contribution in [3.8, 4) is 0 Å². The second kappa shape index (κ2) is 5.76. The largest absolute Gasteiger partial charge is 0.339 e. The summed E-state index contributed by atoms with van der Waals surface area (Å²) in [6, 6.07) is 7.57. The number of hydrogen-bond donors (Lipinski definition) is 3. The van der Waals surface area contributed by atoms with Gasteiger partial charge in [-0.1, -0.05) is 11.6 Å². The van der Waals surface area contributed by atoms with Crippen LogP contribution in [0.3, 0.4) is 0 Å². The first kappa shape index (κ1) is 14.5. The number of benzene rings is 1. The summed E-state index contributed by atoms with van der Waals surface area (Å²) >= 11 is 11.0. The van der Waals surface area contributed by atoms with Gasteiger partial charge in [0.2, 0.25) is 5.95 Å². The highest BCUT2D eigenvalue weighted by atomic mass is 79.9. The van der Waals surface area contributed by atoms with Gasteiger partial charge in [0.1, 0.15) is 10.6 Å². The molecule has 0 aliphatic carbocycles. The second-order valence-electron chi connectivity index (χ2n) is 4.37. The topological polar surface area (TPSA) is 75.9 Å². The van der Waals surface area contributed by atoms with E-state index in [0.717, 1.165) is 25.3 Å². The Morgan fingerprint density at radius 2 is 2.10 bits per heavy atom. The van der Waals surface area contributed by atoms with Crippen molar-refractivity contribution in [3.63, 3.8) is 0 Å². The summed E-state index contributed by atoms with van der Waals surface area (Å²) in [6.45, 7) is 2.03. The maximum absolute atomic E-state index is 5.96. The zero-order valence-corrected chi connectivity index (χ0v) is 14.1. The quantitative estimate of drug-likeness (QED) is 0.459. The first-order chi connectivity index (χ1) is 10.1. The van der Waals surface area contributed by atoms with Crippen molar-refractivity contribution in [1.82, 2.24) is 9.97 Å². The van der Waals surface area contributed by atoms with Crippen molar-refractivity contribution >= 4 is 66.5 Å². The molecule has 2 aromatic heterocycles. The summed E-state index contributed by atoms with van der Waals surface area (Å²) in [6.07, 6.45) is 0. The molecule has 2 heterocycles. The third-order valence-corrected chi connectivity index (χ3v) is 4.66. The third kappa shape index (κ3) is 2.96. The van der Waals surface area contributed by atoms with Crippen molar-refractivity contribution in [2.24, 2.45) is 5.84 Å². The minimum absolute atomic E-state index is 0.372. The number of hydrazine groups is 1. The van der Waals surface area contributed by atoms with Gasteiger partial charge in [0.25, 0.3) is 0 Å². The molecule has 108 valence electrons. The molecule has 0 bridgehead atoms. The van der Waals surface area contributed by atoms with E-state index in [9.17, 15) is 0 Å². The minimum Gasteiger partial charge on any atom is -0.339 e. The van der Waals surface area contributed by atoms with Crippen LogP contribution >= 0.6 is 38.9 Å². The lowest BCUT2D eigenvalue weighted by molar-refractivity contribution is 1.16. The summed E-state index contributed by atoms with van der Waals surface area (Å²) < 4.78 is 0.857. The van der Waals surface area contributed by atoms with Crippen molar-refractivity contribution in [2.75, 3.05) is 10.7 Å². The smallest absolute Gasteiger partial charge is 0.240 e. The fraction of sp³-hybridized carbons (Fsp3) is 0.0769. The average molecular weight is 385 g/mol. The molecule has 3 aromatic rings. The Morgan fingerprint density at radius 3 is 2.81 bits per heavy atom. The maximum Gasteiger partial charge on any atom is 0.240 e. The van der Waals surface area contributed by atoms with Gasteiger partial charge < -0.3 is 5.32 Å². The summed E-state index contributed by atoms with van der Waals surface area (Å²) in [7, 11) is 0. The van der Waals surface area contributed by atoms with Crippen molar-refractivity contribution < 1.29 is 0 Å². The van der Waals surface area contributed by atoms with Gasteiger partial charge in [-0.2, -0.15) is 4.98 Å². The lowest BCUT2D eigenvalue weighted by Gasteiger charge is -2.10. The van der Waals surface area contributed by atoms with E-state index in [0.29, 0.717) is 16.8 Å². The molecule has 21 heavy (non-hydrogen) atoms. The minimum atomic E-state index is 0.372. The number of nitrogens with zero attached hydrogens (tertiary/aromatic N) is 2. The molecular weight excluding hydrogens is 374 g/mol. The Morgan fingerprint density at radius 1 is 1.29 bits per heavy atom. The number of nitrogens with one attached hydrogen (secondary N) is 2. The number of aromatic nitrogens is 2. The molecule has 3 rings (SSSR count). The highest BCUT2D eigenvalue weighted by Crippen LogP contribution is 2.34. The van der Waals surface area contributed by atoms with Crippen molar-refractivity contribution in [2.45, 2.75) is 6.92 Å². The molecule has 0 spiro atoms. The summed E-state index contributed by atoms with van der Waals surface area (Å²) in [4.78, 5) is 10.8. The van der Waals surface area contributed by atoms with Crippen LogP contribution in [0.2, 0.25) is 5.02 Å². The Kier molecular flexibility index (Phi) is 3.99. The molecule has 0 fully saturated rings. The van der Waals surface area contributed by atoms with Gasteiger partial charge in [0.15, 0.2) is 0 Å². The monoisotopic (exact) mass is 383 g/mol. The molecule has 0 atom stereocenters. The highest BCUT2D eigenvalue weighted by Gasteiger charge is 2.11. The van der Waals surface area contributed by atoms with Gasteiger partial charge in [-0.3, -0.25) is 5.43 Å². The number of nitrogens with two attached hydrogens (primary N) is 1. The first-order valence-electron chi connectivity index (χ1n) is 6.03. The number of nitrogen functional groups attached to an aromatic ring is 1. The fourth-order valence-electron chi connectivity index (χ4n) is 1.92. The van der Waals surface area contributed by atoms with Crippen molar-refractivity contribution in [1.29, 1.82) is 0 Å². The average Bonchev–Trinajstić information content (AvgIpc) is 2.82. The lowest BCUT2D eigenvalue weighted by Crippen LogP contribution is -2.11. The second-order valence-corrected chi connectivity index (χ2v) is 6.89. The molecule has 0 aliphatic rings. The van der Waals surface area contributed by atoms with Crippen molar-refractivity contribution in [3.05, 3.63) is 38.6 Å². The molecule has 0 unspecified atom stereocenters. The number of aryl methyl sites for hydroxylation is 1. The maximum atomic E-state index is 5.96. The van der Waals surface area contributed by atoms with E-state index in [2.05, 4.69) is 36.6 Å². The van der Waals surface area contributed by atoms with Crippen LogP contribution in [0.25, 0.3) is 10.2 Å². The normalized spacial score (nSPS) is 10.9. The molecule has 0 saturated carbocycles. The SMILES string of the molecule is Cc1cc2c(Nc3ccc(Cl)cc3Br)nc(NN)nc2s1. The molecule has 5 nitrogen and oxygen atoms in total. The number of fused-ring (bicyclic) bond motifs is 1. The zero-order chi connectivity index (χ0) is 15.0. The van der Waals surface area contributed by atoms with E-state index >= 15 is 0 Å². The number of rotatable bonds is 3. The molecule has 0 radical (unpaired) electrons. The summed E-state index contributed by atoms with van der Waals surface area (Å²) in [5.41, 5.74) is 3.36. The Bertz CT molecular complexity index is 820. The van der Waals surface area contributed by atoms with Crippen LogP contribution in [0.4, 0.5) is 17.5 Å². The first-order valence-corrected chi connectivity index (χ1v) is 8.02. The number of thiophene rings is 1. The summed E-state index contributed by atoms with van der Waals surface area (Å²) in [5.74, 6) is 6.50. The van der Waals surface area contributed by atoms with Crippen LogP contribution in [-0.2, 0) is 0 Å². The van der Waals surface area contributed by atoms with Gasteiger partial charge in [0, 0.05) is 14.4 Å². The van der Waals surface area contributed by atoms with Gasteiger partial charge in [0.05, 0.1) is 11.1 Å². The lowest BCUT2D eigenvalue weighted by atomic mass is 10.3. The van der Waals surface area contributed by atoms with Gasteiger partial charge in [-0.15, -0.1) is 11.3 Å². The molecule has 0 aliphatic heterocycles. The highest BCUT2D eigenvalue weighted by molar-refractivity contribution is 9.10. The van der Waals surface area contributed by atoms with E-state index in [-0.39, 0.29) is 0 Å². The van der Waals surface area contributed by atoms with Crippen LogP contribution in [0.1, 0.15) is 4.88 Å². The van der Waals surface area contributed by atoms with Crippen LogP contribution in [-0.4, -0.2) is 9.97 Å². The number of anilines is 3. The standard InChI is InChI=1S/C13H11BrClN5S/c1-6-4-8-11(18-13(20-16)19-12(8)21-6)17-10-3-2-7(15)5-9(10)14/h2-5H,16H2,1H3,(H2,17,18,19,20). The van der Waals surface area contributed by atoms with Crippen LogP contribution in [0.5, 0.6) is 0 Å². The third-order valence-electron chi connectivity index (χ3n) is 2.83. The Balaban J connectivity index is 2.10. The van der Waals surface area contributed by atoms with E-state index in [4.69, 9.17) is 17.4 Å². The fourth-order valence-corrected chi connectivity index (χ4v) is 3.58. The van der Waals surface area contributed by atoms with Gasteiger partial charge in [-0.05, 0) is 47.1 Å². The van der Waals surface area contributed by atoms with Crippen LogP contribution in [0.15, 0.2) is 28.7 Å². The molecule has 4 N–H and O–H groups in total. The number of hydrogen-bond acceptors (Lipinski definition) is 6. The molecular formula is C13H11BrClN5S. The van der Waals surface area contributed by atoms with E-state index < -0.39 is 0 Å². The number of halogens is 2. The Labute approximate surface area is 138 Å². The van der Waals surface area contributed by atoms with E-state index in [1.54, 1.807) is 11.3 Å².